The van der Waals surface area contributed by atoms with Gasteiger partial charge in [-0.15, -0.1) is 10.2 Å². The van der Waals surface area contributed by atoms with E-state index in [1.807, 2.05) is 0 Å². The number of pyridine rings is 1. The van der Waals surface area contributed by atoms with E-state index in [2.05, 4.69) is 20.5 Å². The van der Waals surface area contributed by atoms with E-state index in [1.165, 1.54) is 4.68 Å². The Morgan fingerprint density at radius 1 is 1.25 bits per heavy atom. The highest BCUT2D eigenvalue weighted by Crippen LogP contribution is 2.34. The van der Waals surface area contributed by atoms with Crippen molar-refractivity contribution in [2.75, 3.05) is 16.9 Å². The number of amides is 1. The summed E-state index contributed by atoms with van der Waals surface area (Å²) in [4.78, 5) is 16.2. The highest BCUT2D eigenvalue weighted by atomic mass is 35.5. The van der Waals surface area contributed by atoms with Crippen LogP contribution in [0.15, 0.2) is 47.8 Å². The molecule has 0 fully saturated rings. The lowest BCUT2D eigenvalue weighted by atomic mass is 10.2. The van der Waals surface area contributed by atoms with Crippen LogP contribution in [0, 0.1) is 0 Å². The summed E-state index contributed by atoms with van der Waals surface area (Å²) in [6.07, 6.45) is -2.97. The lowest BCUT2D eigenvalue weighted by molar-refractivity contribution is -0.137. The number of hydrogen-bond acceptors (Lipinski definition) is 6. The molecule has 2 aromatic heterocycles. The molecule has 3 rings (SSSR count). The molecule has 3 aromatic rings. The summed E-state index contributed by atoms with van der Waals surface area (Å²) >= 11 is 6.83. The normalized spacial score (nSPS) is 11.4. The third-order valence-electron chi connectivity index (χ3n) is 3.46. The Hall–Kier alpha value is -2.79. The van der Waals surface area contributed by atoms with Crippen molar-refractivity contribution in [2.24, 2.45) is 0 Å². The first-order chi connectivity index (χ1) is 13.3. The van der Waals surface area contributed by atoms with E-state index in [0.717, 1.165) is 30.0 Å². The SMILES string of the molecule is Nn1c(SCC(=O)Nc2cc(C(F)(F)F)ccc2Cl)nnc1-c1ccccn1. The number of anilines is 1. The average molecular weight is 429 g/mol. The molecule has 3 N–H and O–H groups in total. The molecule has 2 heterocycles. The van der Waals surface area contributed by atoms with Crippen LogP contribution in [0.2, 0.25) is 5.02 Å². The summed E-state index contributed by atoms with van der Waals surface area (Å²) < 4.78 is 39.6. The van der Waals surface area contributed by atoms with Gasteiger partial charge in [0.05, 0.1) is 22.0 Å². The molecule has 0 aliphatic heterocycles. The molecule has 0 saturated carbocycles. The molecule has 0 atom stereocenters. The van der Waals surface area contributed by atoms with Crippen LogP contribution in [0.25, 0.3) is 11.5 Å². The Balaban J connectivity index is 1.67. The van der Waals surface area contributed by atoms with E-state index in [-0.39, 0.29) is 21.6 Å². The monoisotopic (exact) mass is 428 g/mol. The minimum absolute atomic E-state index is 0.00854. The number of nitrogens with two attached hydrogens (primary N) is 1. The molecule has 0 unspecified atom stereocenters. The lowest BCUT2D eigenvalue weighted by Gasteiger charge is -2.11. The number of benzene rings is 1. The summed E-state index contributed by atoms with van der Waals surface area (Å²) in [7, 11) is 0. The number of nitrogens with zero attached hydrogens (tertiary/aromatic N) is 4. The summed E-state index contributed by atoms with van der Waals surface area (Å²) in [6, 6.07) is 7.88. The number of thioether (sulfide) groups is 1. The summed E-state index contributed by atoms with van der Waals surface area (Å²) in [5.74, 6) is 5.49. The fourth-order valence-electron chi connectivity index (χ4n) is 2.16. The van der Waals surface area contributed by atoms with Gasteiger partial charge in [-0.05, 0) is 30.3 Å². The molecule has 12 heteroatoms. The molecular formula is C16H12ClF3N6OS. The Morgan fingerprint density at radius 2 is 2.04 bits per heavy atom. The maximum atomic E-state index is 12.8. The second-order valence-corrected chi connectivity index (χ2v) is 6.77. The van der Waals surface area contributed by atoms with Crippen molar-refractivity contribution >= 4 is 35.0 Å². The summed E-state index contributed by atoms with van der Waals surface area (Å²) in [5, 5.41) is 10.4. The number of rotatable bonds is 5. The van der Waals surface area contributed by atoms with Crippen molar-refractivity contribution in [3.63, 3.8) is 0 Å². The molecule has 28 heavy (non-hydrogen) atoms. The van der Waals surface area contributed by atoms with Gasteiger partial charge < -0.3 is 11.2 Å². The highest BCUT2D eigenvalue weighted by molar-refractivity contribution is 7.99. The molecule has 0 spiro atoms. The number of alkyl halides is 3. The first kappa shape index (κ1) is 20.0. The zero-order valence-electron chi connectivity index (χ0n) is 13.9. The molecule has 146 valence electrons. The van der Waals surface area contributed by atoms with Gasteiger partial charge in [0.2, 0.25) is 16.9 Å². The first-order valence-electron chi connectivity index (χ1n) is 7.67. The lowest BCUT2D eigenvalue weighted by Crippen LogP contribution is -2.17. The fraction of sp³-hybridized carbons (Fsp3) is 0.125. The van der Waals surface area contributed by atoms with E-state index in [9.17, 15) is 18.0 Å². The molecule has 1 amide bonds. The van der Waals surface area contributed by atoms with Crippen LogP contribution >= 0.6 is 23.4 Å². The van der Waals surface area contributed by atoms with Crippen LogP contribution in [0.3, 0.4) is 0 Å². The number of nitrogen functional groups attached to an aromatic ring is 1. The zero-order valence-corrected chi connectivity index (χ0v) is 15.5. The second-order valence-electron chi connectivity index (χ2n) is 5.42. The Labute approximate surface area is 166 Å². The topological polar surface area (TPSA) is 98.7 Å². The van der Waals surface area contributed by atoms with Crippen molar-refractivity contribution < 1.29 is 18.0 Å². The van der Waals surface area contributed by atoms with Gasteiger partial charge in [-0.25, -0.2) is 4.68 Å². The van der Waals surface area contributed by atoms with Gasteiger partial charge in [-0.1, -0.05) is 29.4 Å². The number of nitrogens with one attached hydrogen (secondary N) is 1. The fourth-order valence-corrected chi connectivity index (χ4v) is 2.98. The third kappa shape index (κ3) is 4.54. The Bertz CT molecular complexity index is 996. The van der Waals surface area contributed by atoms with Gasteiger partial charge in [0.25, 0.3) is 0 Å². The predicted octanol–water partition coefficient (Wildman–Crippen LogP) is 3.46. The third-order valence-corrected chi connectivity index (χ3v) is 4.73. The van der Waals surface area contributed by atoms with Gasteiger partial charge in [0, 0.05) is 6.20 Å². The van der Waals surface area contributed by atoms with Crippen LogP contribution in [0.5, 0.6) is 0 Å². The van der Waals surface area contributed by atoms with Crippen LogP contribution in [-0.2, 0) is 11.0 Å². The van der Waals surface area contributed by atoms with Crippen molar-refractivity contribution in [2.45, 2.75) is 11.3 Å². The minimum Gasteiger partial charge on any atom is -0.335 e. The van der Waals surface area contributed by atoms with Crippen molar-refractivity contribution in [3.05, 3.63) is 53.2 Å². The average Bonchev–Trinajstić information content (AvgIpc) is 3.02. The molecule has 0 bridgehead atoms. The van der Waals surface area contributed by atoms with Crippen molar-refractivity contribution in [3.8, 4) is 11.5 Å². The molecule has 1 aromatic carbocycles. The molecule has 0 saturated heterocycles. The number of carbonyl (C=O) groups excluding carboxylic acids is 1. The molecule has 0 aliphatic rings. The van der Waals surface area contributed by atoms with E-state index in [0.29, 0.717) is 11.5 Å². The van der Waals surface area contributed by atoms with E-state index in [4.69, 9.17) is 17.4 Å². The largest absolute Gasteiger partial charge is 0.416 e. The van der Waals surface area contributed by atoms with Crippen molar-refractivity contribution in [1.29, 1.82) is 0 Å². The Kier molecular flexibility index (Phi) is 5.75. The first-order valence-corrected chi connectivity index (χ1v) is 9.03. The van der Waals surface area contributed by atoms with Gasteiger partial charge in [-0.2, -0.15) is 13.2 Å². The Morgan fingerprint density at radius 3 is 2.71 bits per heavy atom. The zero-order chi connectivity index (χ0) is 20.3. The molecule has 0 aliphatic carbocycles. The van der Waals surface area contributed by atoms with E-state index in [1.54, 1.807) is 24.4 Å². The second kappa shape index (κ2) is 8.07. The van der Waals surface area contributed by atoms with E-state index < -0.39 is 17.6 Å². The summed E-state index contributed by atoms with van der Waals surface area (Å²) in [5.41, 5.74) is -0.545. The molecule has 7 nitrogen and oxygen atoms in total. The van der Waals surface area contributed by atoms with Crippen LogP contribution in [-0.4, -0.2) is 31.5 Å². The molecule has 0 radical (unpaired) electrons. The van der Waals surface area contributed by atoms with Gasteiger partial charge in [0.15, 0.2) is 0 Å². The van der Waals surface area contributed by atoms with Crippen LogP contribution in [0.4, 0.5) is 18.9 Å². The van der Waals surface area contributed by atoms with Gasteiger partial charge in [-0.3, -0.25) is 9.78 Å². The predicted molar refractivity (Wildman–Crippen MR) is 99.2 cm³/mol. The number of aromatic nitrogens is 4. The van der Waals surface area contributed by atoms with Gasteiger partial charge >= 0.3 is 6.18 Å². The van der Waals surface area contributed by atoms with Crippen LogP contribution in [0.1, 0.15) is 5.56 Å². The smallest absolute Gasteiger partial charge is 0.335 e. The summed E-state index contributed by atoms with van der Waals surface area (Å²) in [6.45, 7) is 0. The highest BCUT2D eigenvalue weighted by Gasteiger charge is 2.31. The minimum atomic E-state index is -4.54. The molecular weight excluding hydrogens is 417 g/mol. The maximum absolute atomic E-state index is 12.8. The number of hydrogen-bond donors (Lipinski definition) is 2. The standard InChI is InChI=1S/C16H12ClF3N6OS/c17-10-5-4-9(16(18,19)20)7-12(10)23-13(27)8-28-15-25-24-14(26(15)21)11-3-1-2-6-22-11/h1-7H,8,21H2,(H,23,27). The number of halogens is 4. The maximum Gasteiger partial charge on any atom is 0.416 e. The van der Waals surface area contributed by atoms with Crippen LogP contribution < -0.4 is 11.2 Å². The van der Waals surface area contributed by atoms with E-state index >= 15 is 0 Å². The van der Waals surface area contributed by atoms with Crippen molar-refractivity contribution in [1.82, 2.24) is 19.9 Å². The number of carbonyl (C=O) groups is 1. The van der Waals surface area contributed by atoms with Gasteiger partial charge in [0.1, 0.15) is 5.69 Å². The quantitative estimate of drug-likeness (QED) is 0.477.